The second-order valence-corrected chi connectivity index (χ2v) is 13.5. The lowest BCUT2D eigenvalue weighted by Gasteiger charge is -2.37. The summed E-state index contributed by atoms with van der Waals surface area (Å²) in [6.45, 7) is 7.21. The van der Waals surface area contributed by atoms with E-state index < -0.39 is 5.41 Å². The fourth-order valence-electron chi connectivity index (χ4n) is 7.99. The van der Waals surface area contributed by atoms with E-state index >= 15 is 0 Å². The van der Waals surface area contributed by atoms with Crippen LogP contribution in [0.4, 0.5) is 0 Å². The van der Waals surface area contributed by atoms with Crippen LogP contribution in [-0.2, 0) is 16.8 Å². The molecular weight excluding hydrogens is 584 g/mol. The standard InChI is InChI=1S/C40H56N4O3/c1-46-37-20-15-21-38(47-2)36(37)31-44-28-23-35(24-29-44)42-25-13-5-3-4-6-14-26-43-27-22-34(30-43)40(39(41)45,32-16-9-7-10-17-32)33-18-11-8-12-19-33/h7-12,15-21,34-35,42H,3-6,13-14,22-31H2,1-2H3,(H2,41,45)/t34-/m1/s1. The lowest BCUT2D eigenvalue weighted by atomic mass is 9.64. The molecule has 3 N–H and O–H groups in total. The number of primary amides is 1. The Labute approximate surface area is 282 Å². The third-order valence-corrected chi connectivity index (χ3v) is 10.6. The van der Waals surface area contributed by atoms with Crippen molar-refractivity contribution >= 4 is 5.91 Å². The zero-order valence-electron chi connectivity index (χ0n) is 28.7. The van der Waals surface area contributed by atoms with Crippen LogP contribution in [0.15, 0.2) is 78.9 Å². The molecule has 3 aromatic rings. The van der Waals surface area contributed by atoms with Gasteiger partial charge in [-0.2, -0.15) is 0 Å². The van der Waals surface area contributed by atoms with E-state index in [-0.39, 0.29) is 11.8 Å². The molecule has 2 fully saturated rings. The number of amides is 1. The highest BCUT2D eigenvalue weighted by Crippen LogP contribution is 2.43. The summed E-state index contributed by atoms with van der Waals surface area (Å²) in [7, 11) is 3.46. The summed E-state index contributed by atoms with van der Waals surface area (Å²) >= 11 is 0. The van der Waals surface area contributed by atoms with Crippen LogP contribution in [0.1, 0.15) is 74.5 Å². The minimum Gasteiger partial charge on any atom is -0.496 e. The summed E-state index contributed by atoms with van der Waals surface area (Å²) in [6.07, 6.45) is 11.0. The van der Waals surface area contributed by atoms with E-state index in [0.717, 1.165) is 80.4 Å². The Hall–Kier alpha value is -3.39. The lowest BCUT2D eigenvalue weighted by molar-refractivity contribution is -0.123. The molecule has 1 amide bonds. The molecule has 0 bridgehead atoms. The van der Waals surface area contributed by atoms with Crippen LogP contribution in [0, 0.1) is 5.92 Å². The van der Waals surface area contributed by atoms with Gasteiger partial charge in [-0.25, -0.2) is 0 Å². The first-order valence-electron chi connectivity index (χ1n) is 17.8. The number of nitrogens with two attached hydrogens (primary N) is 1. The van der Waals surface area contributed by atoms with Crippen LogP contribution in [0.3, 0.4) is 0 Å². The van der Waals surface area contributed by atoms with Crippen LogP contribution in [0.5, 0.6) is 11.5 Å². The van der Waals surface area contributed by atoms with E-state index in [1.807, 2.05) is 54.6 Å². The van der Waals surface area contributed by atoms with Crippen LogP contribution < -0.4 is 20.5 Å². The topological polar surface area (TPSA) is 80.1 Å². The Bertz CT molecular complexity index is 1300. The van der Waals surface area contributed by atoms with Crippen molar-refractivity contribution in [2.24, 2.45) is 11.7 Å². The molecule has 0 unspecified atom stereocenters. The molecule has 0 radical (unpaired) electrons. The molecule has 3 aromatic carbocycles. The van der Waals surface area contributed by atoms with Crippen molar-refractivity contribution in [1.82, 2.24) is 15.1 Å². The van der Waals surface area contributed by atoms with Crippen molar-refractivity contribution in [2.75, 3.05) is 53.5 Å². The molecule has 2 saturated heterocycles. The van der Waals surface area contributed by atoms with Gasteiger partial charge in [0.25, 0.3) is 0 Å². The molecule has 2 heterocycles. The minimum atomic E-state index is -0.799. The normalized spacial score (nSPS) is 18.0. The fraction of sp³-hybridized carbons (Fsp3) is 0.525. The third kappa shape index (κ3) is 8.75. The van der Waals surface area contributed by atoms with E-state index in [2.05, 4.69) is 39.4 Å². The van der Waals surface area contributed by atoms with Crippen LogP contribution in [-0.4, -0.2) is 75.2 Å². The number of nitrogens with zero attached hydrogens (tertiary/aromatic N) is 2. The van der Waals surface area contributed by atoms with Crippen molar-refractivity contribution < 1.29 is 14.3 Å². The van der Waals surface area contributed by atoms with Crippen molar-refractivity contribution in [3.8, 4) is 11.5 Å². The number of carbonyl (C=O) groups excluding carboxylic acids is 1. The molecule has 7 heteroatoms. The van der Waals surface area contributed by atoms with Crippen LogP contribution in [0.2, 0.25) is 0 Å². The average molecular weight is 641 g/mol. The van der Waals surface area contributed by atoms with Gasteiger partial charge in [0.15, 0.2) is 0 Å². The number of likely N-dealkylation sites (tertiary alicyclic amines) is 2. The molecule has 47 heavy (non-hydrogen) atoms. The minimum absolute atomic E-state index is 0.167. The number of ether oxygens (including phenoxy) is 2. The molecule has 0 spiro atoms. The molecule has 1 atom stereocenters. The van der Waals surface area contributed by atoms with E-state index in [4.69, 9.17) is 15.2 Å². The lowest BCUT2D eigenvalue weighted by Crippen LogP contribution is -2.49. The number of piperidine rings is 1. The van der Waals surface area contributed by atoms with Gasteiger partial charge < -0.3 is 25.4 Å². The highest BCUT2D eigenvalue weighted by atomic mass is 16.5. The van der Waals surface area contributed by atoms with Crippen molar-refractivity contribution in [2.45, 2.75) is 75.8 Å². The predicted octanol–water partition coefficient (Wildman–Crippen LogP) is 6.39. The quantitative estimate of drug-likeness (QED) is 0.157. The van der Waals surface area contributed by atoms with Gasteiger partial charge in [-0.3, -0.25) is 9.69 Å². The second-order valence-electron chi connectivity index (χ2n) is 13.5. The van der Waals surface area contributed by atoms with E-state index in [9.17, 15) is 4.79 Å². The summed E-state index contributed by atoms with van der Waals surface area (Å²) in [6, 6.07) is 27.0. The Morgan fingerprint density at radius 2 is 1.30 bits per heavy atom. The number of carbonyl (C=O) groups is 1. The first kappa shape index (κ1) is 34.9. The second kappa shape index (κ2) is 17.7. The smallest absolute Gasteiger partial charge is 0.232 e. The summed E-state index contributed by atoms with van der Waals surface area (Å²) in [4.78, 5) is 18.4. The number of nitrogens with one attached hydrogen (secondary N) is 1. The van der Waals surface area contributed by atoms with Gasteiger partial charge in [-0.05, 0) is 94.0 Å². The highest BCUT2D eigenvalue weighted by molar-refractivity contribution is 5.91. The molecule has 0 saturated carbocycles. The van der Waals surface area contributed by atoms with Gasteiger partial charge in [0.05, 0.1) is 19.8 Å². The molecule has 2 aliphatic heterocycles. The van der Waals surface area contributed by atoms with Gasteiger partial charge in [0, 0.05) is 19.1 Å². The van der Waals surface area contributed by atoms with Crippen molar-refractivity contribution in [1.29, 1.82) is 0 Å². The summed E-state index contributed by atoms with van der Waals surface area (Å²) in [5.41, 5.74) is 8.63. The molecule has 2 aliphatic rings. The SMILES string of the molecule is COc1cccc(OC)c1CN1CCC(NCCCCCCCCN2CC[C@@H](C(C(N)=O)(c3ccccc3)c3ccccc3)C2)CC1. The maximum Gasteiger partial charge on any atom is 0.232 e. The molecule has 0 aliphatic carbocycles. The zero-order valence-corrected chi connectivity index (χ0v) is 28.7. The Morgan fingerprint density at radius 3 is 1.87 bits per heavy atom. The highest BCUT2D eigenvalue weighted by Gasteiger charge is 2.49. The maximum absolute atomic E-state index is 13.3. The first-order valence-corrected chi connectivity index (χ1v) is 17.8. The monoisotopic (exact) mass is 640 g/mol. The number of hydrogen-bond acceptors (Lipinski definition) is 6. The Balaban J connectivity index is 0.958. The van der Waals surface area contributed by atoms with Gasteiger partial charge in [0.1, 0.15) is 16.9 Å². The van der Waals surface area contributed by atoms with Gasteiger partial charge in [-0.1, -0.05) is 92.4 Å². The number of methoxy groups -OCH3 is 2. The molecule has 254 valence electrons. The summed E-state index contributed by atoms with van der Waals surface area (Å²) < 4.78 is 11.2. The van der Waals surface area contributed by atoms with E-state index in [1.165, 1.54) is 51.4 Å². The van der Waals surface area contributed by atoms with Gasteiger partial charge >= 0.3 is 0 Å². The van der Waals surface area contributed by atoms with Crippen molar-refractivity contribution in [3.05, 3.63) is 95.6 Å². The number of hydrogen-bond donors (Lipinski definition) is 2. The molecule has 5 rings (SSSR count). The number of unbranched alkanes of at least 4 members (excludes halogenated alkanes) is 5. The maximum atomic E-state index is 13.3. The summed E-state index contributed by atoms with van der Waals surface area (Å²) in [5.74, 6) is 1.73. The predicted molar refractivity (Wildman–Crippen MR) is 191 cm³/mol. The molecule has 7 nitrogen and oxygen atoms in total. The molecule has 0 aromatic heterocycles. The first-order chi connectivity index (χ1) is 23.1. The fourth-order valence-corrected chi connectivity index (χ4v) is 7.99. The zero-order chi connectivity index (χ0) is 32.9. The molecular formula is C40H56N4O3. The largest absolute Gasteiger partial charge is 0.496 e. The van der Waals surface area contributed by atoms with Crippen LogP contribution >= 0.6 is 0 Å². The Morgan fingerprint density at radius 1 is 0.745 bits per heavy atom. The number of rotatable bonds is 18. The Kier molecular flexibility index (Phi) is 13.1. The van der Waals surface area contributed by atoms with E-state index in [1.54, 1.807) is 14.2 Å². The van der Waals surface area contributed by atoms with E-state index in [0.29, 0.717) is 6.04 Å². The van der Waals surface area contributed by atoms with Gasteiger partial charge in [-0.15, -0.1) is 0 Å². The van der Waals surface area contributed by atoms with Crippen molar-refractivity contribution in [3.63, 3.8) is 0 Å². The average Bonchev–Trinajstić information content (AvgIpc) is 3.58. The number of benzene rings is 3. The third-order valence-electron chi connectivity index (χ3n) is 10.6. The summed E-state index contributed by atoms with van der Waals surface area (Å²) in [5, 5.41) is 3.82. The van der Waals surface area contributed by atoms with Crippen LogP contribution in [0.25, 0.3) is 0 Å². The van der Waals surface area contributed by atoms with Gasteiger partial charge in [0.2, 0.25) is 5.91 Å².